The van der Waals surface area contributed by atoms with E-state index in [1.54, 1.807) is 6.92 Å². The molecular formula is C15H21N3O2. The van der Waals surface area contributed by atoms with Gasteiger partial charge in [-0.2, -0.15) is 5.26 Å². The second-order valence-electron chi connectivity index (χ2n) is 5.36. The fourth-order valence-electron chi connectivity index (χ4n) is 2.54. The van der Waals surface area contributed by atoms with Gasteiger partial charge in [-0.15, -0.1) is 0 Å². The number of rotatable bonds is 3. The van der Waals surface area contributed by atoms with Crippen molar-refractivity contribution < 1.29 is 9.21 Å². The molecule has 1 N–H and O–H groups in total. The summed E-state index contributed by atoms with van der Waals surface area (Å²) >= 11 is 0. The predicted octanol–water partition coefficient (Wildman–Crippen LogP) is 2.58. The molecule has 2 heterocycles. The molecule has 5 nitrogen and oxygen atoms in total. The monoisotopic (exact) mass is 275 g/mol. The van der Waals surface area contributed by atoms with E-state index in [1.165, 1.54) is 6.42 Å². The van der Waals surface area contributed by atoms with Gasteiger partial charge in [0.05, 0.1) is 6.04 Å². The number of furan rings is 1. The topological polar surface area (TPSA) is 69.3 Å². The van der Waals surface area contributed by atoms with Crippen molar-refractivity contribution in [3.8, 4) is 6.07 Å². The summed E-state index contributed by atoms with van der Waals surface area (Å²) < 4.78 is 5.47. The van der Waals surface area contributed by atoms with E-state index >= 15 is 0 Å². The second-order valence-corrected chi connectivity index (χ2v) is 5.36. The van der Waals surface area contributed by atoms with Crippen molar-refractivity contribution in [2.75, 3.05) is 18.4 Å². The van der Waals surface area contributed by atoms with Gasteiger partial charge in [0.2, 0.25) is 11.8 Å². The number of piperidine rings is 1. The van der Waals surface area contributed by atoms with Gasteiger partial charge in [0, 0.05) is 5.56 Å². The minimum Gasteiger partial charge on any atom is -0.444 e. The first-order valence-corrected chi connectivity index (χ1v) is 7.09. The fraction of sp³-hybridized carbons (Fsp3) is 0.600. The molecule has 1 saturated heterocycles. The van der Waals surface area contributed by atoms with Crippen molar-refractivity contribution in [1.82, 2.24) is 4.90 Å². The molecule has 1 aliphatic heterocycles. The van der Waals surface area contributed by atoms with Crippen LogP contribution in [0.15, 0.2) is 4.42 Å². The number of anilines is 1. The normalized spacial score (nSPS) is 17.5. The van der Waals surface area contributed by atoms with Gasteiger partial charge >= 0.3 is 0 Å². The minimum atomic E-state index is -0.201. The molecule has 0 bridgehead atoms. The highest BCUT2D eigenvalue weighted by Gasteiger charge is 2.25. The zero-order chi connectivity index (χ0) is 14.7. The average molecular weight is 275 g/mol. The van der Waals surface area contributed by atoms with Crippen molar-refractivity contribution in [3.05, 3.63) is 16.9 Å². The van der Waals surface area contributed by atoms with Crippen LogP contribution in [0.2, 0.25) is 0 Å². The Bertz CT molecular complexity index is 536. The van der Waals surface area contributed by atoms with Crippen molar-refractivity contribution in [2.45, 2.75) is 46.1 Å². The number of hydrogen-bond donors (Lipinski definition) is 1. The van der Waals surface area contributed by atoms with E-state index in [4.69, 9.17) is 9.68 Å². The highest BCUT2D eigenvalue weighted by molar-refractivity contribution is 5.94. The molecule has 20 heavy (non-hydrogen) atoms. The number of nitrogens with one attached hydrogen (secondary N) is 1. The number of likely N-dealkylation sites (tertiary alicyclic amines) is 1. The zero-order valence-electron chi connectivity index (χ0n) is 12.3. The molecule has 0 aliphatic carbocycles. The molecule has 0 aromatic carbocycles. The van der Waals surface area contributed by atoms with Crippen LogP contribution in [-0.4, -0.2) is 29.9 Å². The third-order valence-corrected chi connectivity index (χ3v) is 4.05. The summed E-state index contributed by atoms with van der Waals surface area (Å²) in [6.07, 6.45) is 3.51. The maximum atomic E-state index is 12.3. The van der Waals surface area contributed by atoms with Crippen LogP contribution in [0.1, 0.15) is 43.1 Å². The molecule has 1 atom stereocenters. The number of nitrogens with zero attached hydrogens (tertiary/aromatic N) is 2. The fourth-order valence-corrected chi connectivity index (χ4v) is 2.54. The number of hydrogen-bond acceptors (Lipinski definition) is 4. The highest BCUT2D eigenvalue weighted by atomic mass is 16.4. The number of aryl methyl sites for hydroxylation is 1. The Morgan fingerprint density at radius 1 is 1.35 bits per heavy atom. The lowest BCUT2D eigenvalue weighted by Crippen LogP contribution is -2.44. The summed E-state index contributed by atoms with van der Waals surface area (Å²) in [5.74, 6) is 0.830. The molecule has 0 radical (unpaired) electrons. The molecule has 1 aromatic rings. The van der Waals surface area contributed by atoms with Crippen LogP contribution in [-0.2, 0) is 4.79 Å². The highest BCUT2D eigenvalue weighted by Crippen LogP contribution is 2.25. The molecule has 0 spiro atoms. The van der Waals surface area contributed by atoms with Crippen LogP contribution in [0.4, 0.5) is 5.88 Å². The smallest absolute Gasteiger partial charge is 0.243 e. The van der Waals surface area contributed by atoms with Crippen molar-refractivity contribution in [3.63, 3.8) is 0 Å². The quantitative estimate of drug-likeness (QED) is 0.920. The van der Waals surface area contributed by atoms with Gasteiger partial charge in [-0.1, -0.05) is 6.42 Å². The van der Waals surface area contributed by atoms with E-state index in [9.17, 15) is 4.79 Å². The first kappa shape index (κ1) is 14.6. The standard InChI is InChI=1S/C15H21N3O2/c1-10-12(3)20-15(13(10)9-16)17-14(19)11(2)18-7-5-4-6-8-18/h11H,4-8H2,1-3H3,(H,17,19). The third kappa shape index (κ3) is 2.86. The third-order valence-electron chi connectivity index (χ3n) is 4.05. The number of amides is 1. The number of carbonyl (C=O) groups excluding carboxylic acids is 1. The molecule has 5 heteroatoms. The Balaban J connectivity index is 2.08. The summed E-state index contributed by atoms with van der Waals surface area (Å²) in [4.78, 5) is 14.5. The summed E-state index contributed by atoms with van der Waals surface area (Å²) in [5.41, 5.74) is 1.20. The van der Waals surface area contributed by atoms with E-state index in [2.05, 4.69) is 16.3 Å². The molecule has 1 amide bonds. The second kappa shape index (κ2) is 6.10. The Labute approximate surface area is 119 Å². The Morgan fingerprint density at radius 3 is 2.60 bits per heavy atom. The largest absolute Gasteiger partial charge is 0.444 e. The van der Waals surface area contributed by atoms with E-state index in [-0.39, 0.29) is 17.8 Å². The molecule has 108 valence electrons. The maximum Gasteiger partial charge on any atom is 0.243 e. The Morgan fingerprint density at radius 2 is 2.00 bits per heavy atom. The maximum absolute atomic E-state index is 12.3. The van der Waals surface area contributed by atoms with Crippen LogP contribution < -0.4 is 5.32 Å². The van der Waals surface area contributed by atoms with Gasteiger partial charge in [0.25, 0.3) is 0 Å². The molecule has 1 aromatic heterocycles. The van der Waals surface area contributed by atoms with Gasteiger partial charge in [0.1, 0.15) is 17.4 Å². The predicted molar refractivity (Wildman–Crippen MR) is 76.4 cm³/mol. The zero-order valence-corrected chi connectivity index (χ0v) is 12.3. The molecule has 1 fully saturated rings. The van der Waals surface area contributed by atoms with Crippen molar-refractivity contribution in [1.29, 1.82) is 5.26 Å². The molecule has 2 rings (SSSR count). The summed E-state index contributed by atoms with van der Waals surface area (Å²) in [6.45, 7) is 7.42. The Hall–Kier alpha value is -1.80. The molecule has 1 unspecified atom stereocenters. The van der Waals surface area contributed by atoms with Crippen molar-refractivity contribution in [2.24, 2.45) is 0 Å². The summed E-state index contributed by atoms with van der Waals surface area (Å²) in [7, 11) is 0. The van der Waals surface area contributed by atoms with Crippen molar-refractivity contribution >= 4 is 11.8 Å². The van der Waals surface area contributed by atoms with Crippen LogP contribution >= 0.6 is 0 Å². The van der Waals surface area contributed by atoms with Gasteiger partial charge in [0.15, 0.2) is 0 Å². The molecular weight excluding hydrogens is 254 g/mol. The van der Waals surface area contributed by atoms with Gasteiger partial charge in [-0.3, -0.25) is 15.0 Å². The SMILES string of the molecule is Cc1oc(NC(=O)C(C)N2CCCCC2)c(C#N)c1C. The van der Waals surface area contributed by atoms with Crippen LogP contribution in [0.5, 0.6) is 0 Å². The van der Waals surface area contributed by atoms with Crippen LogP contribution in [0.25, 0.3) is 0 Å². The van der Waals surface area contributed by atoms with E-state index in [1.807, 2.05) is 13.8 Å². The van der Waals surface area contributed by atoms with E-state index in [0.29, 0.717) is 11.3 Å². The average Bonchev–Trinajstić information content (AvgIpc) is 2.73. The van der Waals surface area contributed by atoms with Crippen LogP contribution in [0, 0.1) is 25.2 Å². The van der Waals surface area contributed by atoms with Crippen LogP contribution in [0.3, 0.4) is 0 Å². The summed E-state index contributed by atoms with van der Waals surface area (Å²) in [5, 5.41) is 11.9. The van der Waals surface area contributed by atoms with Gasteiger partial charge < -0.3 is 4.42 Å². The Kier molecular flexibility index (Phi) is 4.46. The first-order valence-electron chi connectivity index (χ1n) is 7.09. The number of nitriles is 1. The summed E-state index contributed by atoms with van der Waals surface area (Å²) in [6, 6.07) is 1.89. The lowest BCUT2D eigenvalue weighted by atomic mass is 10.1. The molecule has 0 saturated carbocycles. The lowest BCUT2D eigenvalue weighted by Gasteiger charge is -2.31. The van der Waals surface area contributed by atoms with E-state index < -0.39 is 0 Å². The van der Waals surface area contributed by atoms with Gasteiger partial charge in [-0.05, 0) is 46.7 Å². The number of carbonyl (C=O) groups is 1. The van der Waals surface area contributed by atoms with Gasteiger partial charge in [-0.25, -0.2) is 0 Å². The molecule has 1 aliphatic rings. The first-order chi connectivity index (χ1) is 9.54. The van der Waals surface area contributed by atoms with E-state index in [0.717, 1.165) is 31.5 Å². The minimum absolute atomic E-state index is 0.114. The lowest BCUT2D eigenvalue weighted by molar-refractivity contribution is -0.121.